The van der Waals surface area contributed by atoms with Gasteiger partial charge in [0.2, 0.25) is 0 Å². The Bertz CT molecular complexity index is 562. The lowest BCUT2D eigenvalue weighted by atomic mass is 9.78. The summed E-state index contributed by atoms with van der Waals surface area (Å²) in [5.74, 6) is 0. The maximum atomic E-state index is 13.0. The summed E-state index contributed by atoms with van der Waals surface area (Å²) in [5, 5.41) is 10.3. The average molecular weight is 346 g/mol. The number of nitrogens with zero attached hydrogens (tertiary/aromatic N) is 2. The smallest absolute Gasteiger partial charge is 0.318 e. The van der Waals surface area contributed by atoms with Crippen molar-refractivity contribution in [3.8, 4) is 0 Å². The quantitative estimate of drug-likeness (QED) is 0.860. The maximum absolute atomic E-state index is 13.0. The molecule has 2 N–H and O–H groups in total. The molecule has 3 aliphatic rings. The molecule has 0 aromatic carbocycles. The number of carbonyl (C=O) groups excluding carboxylic acids is 1. The highest BCUT2D eigenvalue weighted by molar-refractivity contribution is 5.75. The van der Waals surface area contributed by atoms with Crippen molar-refractivity contribution in [2.75, 3.05) is 13.2 Å². The molecule has 6 heteroatoms. The number of likely N-dealkylation sites (tertiary alicyclic amines) is 1. The first kappa shape index (κ1) is 16.9. The third-order valence-corrected chi connectivity index (χ3v) is 6.25. The zero-order chi connectivity index (χ0) is 17.1. The lowest BCUT2D eigenvalue weighted by Gasteiger charge is -2.44. The summed E-state index contributed by atoms with van der Waals surface area (Å²) in [4.78, 5) is 15.0. The molecular weight excluding hydrogens is 316 g/mol. The highest BCUT2D eigenvalue weighted by Crippen LogP contribution is 2.39. The van der Waals surface area contributed by atoms with Crippen LogP contribution in [0, 0.1) is 0 Å². The van der Waals surface area contributed by atoms with Crippen molar-refractivity contribution >= 4 is 6.03 Å². The third kappa shape index (κ3) is 3.68. The summed E-state index contributed by atoms with van der Waals surface area (Å²) in [6.07, 6.45) is 15.1. The molecule has 0 radical (unpaired) electrons. The molecule has 138 valence electrons. The molecule has 25 heavy (non-hydrogen) atoms. The number of hydrogen-bond acceptors (Lipinski definition) is 3. The van der Waals surface area contributed by atoms with E-state index in [-0.39, 0.29) is 23.7 Å². The van der Waals surface area contributed by atoms with Gasteiger partial charge in [-0.3, -0.25) is 5.10 Å². The Balaban J connectivity index is 1.40. The van der Waals surface area contributed by atoms with E-state index >= 15 is 0 Å². The fourth-order valence-electron chi connectivity index (χ4n) is 4.92. The number of hydrogen-bond donors (Lipinski definition) is 2. The highest BCUT2D eigenvalue weighted by atomic mass is 16.5. The summed E-state index contributed by atoms with van der Waals surface area (Å²) >= 11 is 0. The minimum absolute atomic E-state index is 0.0281. The average Bonchev–Trinajstić information content (AvgIpc) is 3.17. The van der Waals surface area contributed by atoms with Gasteiger partial charge in [-0.2, -0.15) is 5.10 Å². The second-order valence-corrected chi connectivity index (χ2v) is 7.97. The van der Waals surface area contributed by atoms with E-state index in [9.17, 15) is 4.79 Å². The van der Waals surface area contributed by atoms with Crippen LogP contribution in [0.15, 0.2) is 12.4 Å². The molecule has 2 atom stereocenters. The van der Waals surface area contributed by atoms with Gasteiger partial charge in [-0.1, -0.05) is 19.3 Å². The first-order valence-electron chi connectivity index (χ1n) is 9.96. The molecule has 0 unspecified atom stereocenters. The van der Waals surface area contributed by atoms with Crippen LogP contribution in [-0.2, 0) is 4.74 Å². The zero-order valence-electron chi connectivity index (χ0n) is 15.0. The van der Waals surface area contributed by atoms with Crippen LogP contribution in [0.4, 0.5) is 4.79 Å². The van der Waals surface area contributed by atoms with Crippen LogP contribution in [0.25, 0.3) is 0 Å². The maximum Gasteiger partial charge on any atom is 0.318 e. The van der Waals surface area contributed by atoms with Crippen LogP contribution in [0.3, 0.4) is 0 Å². The molecule has 2 amide bonds. The van der Waals surface area contributed by atoms with Crippen molar-refractivity contribution in [1.29, 1.82) is 0 Å². The minimum atomic E-state index is 0.0281. The Kier molecular flexibility index (Phi) is 4.97. The Morgan fingerprint density at radius 3 is 2.92 bits per heavy atom. The van der Waals surface area contributed by atoms with Crippen LogP contribution in [0.2, 0.25) is 0 Å². The van der Waals surface area contributed by atoms with E-state index in [1.165, 1.54) is 25.7 Å². The van der Waals surface area contributed by atoms with Crippen molar-refractivity contribution in [3.63, 3.8) is 0 Å². The molecule has 3 heterocycles. The molecule has 1 aliphatic carbocycles. The van der Waals surface area contributed by atoms with E-state index in [4.69, 9.17) is 4.74 Å². The summed E-state index contributed by atoms with van der Waals surface area (Å²) in [6, 6.07) is 0.478. The number of urea groups is 1. The number of aromatic nitrogens is 2. The van der Waals surface area contributed by atoms with E-state index < -0.39 is 0 Å². The Morgan fingerprint density at radius 2 is 2.12 bits per heavy atom. The van der Waals surface area contributed by atoms with Gasteiger partial charge in [0, 0.05) is 31.0 Å². The number of rotatable bonds is 2. The van der Waals surface area contributed by atoms with Crippen molar-refractivity contribution < 1.29 is 9.53 Å². The standard InChI is InChI=1S/C19H30N4O2/c24-18(23-10-5-2-6-17(23)15-13-20-21-14-15)22-16-7-11-25-19(12-16)8-3-1-4-9-19/h13-14,16-17H,1-12H2,(H,20,21)(H,22,24)/t16-,17+/m1/s1. The van der Waals surface area contributed by atoms with Crippen molar-refractivity contribution in [2.45, 2.75) is 81.9 Å². The summed E-state index contributed by atoms with van der Waals surface area (Å²) in [7, 11) is 0. The minimum Gasteiger partial charge on any atom is -0.375 e. The van der Waals surface area contributed by atoms with Gasteiger partial charge < -0.3 is 15.0 Å². The fraction of sp³-hybridized carbons (Fsp3) is 0.789. The Labute approximate surface area is 149 Å². The first-order chi connectivity index (χ1) is 12.3. The van der Waals surface area contributed by atoms with Gasteiger partial charge in [0.25, 0.3) is 0 Å². The molecule has 6 nitrogen and oxygen atoms in total. The summed E-state index contributed by atoms with van der Waals surface area (Å²) < 4.78 is 6.17. The topological polar surface area (TPSA) is 70.2 Å². The second kappa shape index (κ2) is 7.36. The number of ether oxygens (including phenoxy) is 1. The largest absolute Gasteiger partial charge is 0.375 e. The van der Waals surface area contributed by atoms with E-state index in [0.29, 0.717) is 0 Å². The van der Waals surface area contributed by atoms with Crippen LogP contribution in [-0.4, -0.2) is 45.9 Å². The van der Waals surface area contributed by atoms with Crippen molar-refractivity contribution in [2.24, 2.45) is 0 Å². The molecule has 1 saturated carbocycles. The van der Waals surface area contributed by atoms with E-state index in [1.54, 1.807) is 0 Å². The van der Waals surface area contributed by atoms with E-state index in [0.717, 1.165) is 57.2 Å². The van der Waals surface area contributed by atoms with Crippen molar-refractivity contribution in [1.82, 2.24) is 20.4 Å². The van der Waals surface area contributed by atoms with Crippen LogP contribution < -0.4 is 5.32 Å². The normalized spacial score (nSPS) is 29.5. The summed E-state index contributed by atoms with van der Waals surface area (Å²) in [5.41, 5.74) is 1.14. The van der Waals surface area contributed by atoms with Gasteiger partial charge in [-0.15, -0.1) is 0 Å². The van der Waals surface area contributed by atoms with Gasteiger partial charge in [-0.05, 0) is 44.9 Å². The van der Waals surface area contributed by atoms with Gasteiger partial charge in [-0.25, -0.2) is 4.79 Å². The predicted octanol–water partition coefficient (Wildman–Crippen LogP) is 3.53. The second-order valence-electron chi connectivity index (χ2n) is 7.97. The summed E-state index contributed by atoms with van der Waals surface area (Å²) in [6.45, 7) is 1.60. The van der Waals surface area contributed by atoms with Gasteiger partial charge in [0.15, 0.2) is 0 Å². The highest BCUT2D eigenvalue weighted by Gasteiger charge is 2.39. The number of nitrogens with one attached hydrogen (secondary N) is 2. The predicted molar refractivity (Wildman–Crippen MR) is 95.2 cm³/mol. The number of aromatic amines is 1. The SMILES string of the molecule is O=C(N[C@@H]1CCOC2(CCCCC2)C1)N1CCCC[C@H]1c1cn[nH]c1. The molecule has 0 bridgehead atoms. The number of H-pyrrole nitrogens is 1. The molecule has 1 aromatic heterocycles. The zero-order valence-corrected chi connectivity index (χ0v) is 15.0. The molecule has 3 fully saturated rings. The number of piperidine rings is 1. The lowest BCUT2D eigenvalue weighted by Crippen LogP contribution is -2.53. The molecule has 2 aliphatic heterocycles. The first-order valence-corrected chi connectivity index (χ1v) is 9.96. The van der Waals surface area contributed by atoms with Gasteiger partial charge >= 0.3 is 6.03 Å². The van der Waals surface area contributed by atoms with Crippen LogP contribution in [0.5, 0.6) is 0 Å². The Hall–Kier alpha value is -1.56. The lowest BCUT2D eigenvalue weighted by molar-refractivity contribution is -0.108. The van der Waals surface area contributed by atoms with Crippen LogP contribution in [0.1, 0.15) is 75.8 Å². The van der Waals surface area contributed by atoms with Crippen molar-refractivity contribution in [3.05, 3.63) is 18.0 Å². The van der Waals surface area contributed by atoms with E-state index in [2.05, 4.69) is 15.5 Å². The molecule has 1 aromatic rings. The monoisotopic (exact) mass is 346 g/mol. The third-order valence-electron chi connectivity index (χ3n) is 6.25. The number of amides is 2. The Morgan fingerprint density at radius 1 is 1.24 bits per heavy atom. The molecule has 1 spiro atoms. The van der Waals surface area contributed by atoms with Crippen LogP contribution >= 0.6 is 0 Å². The van der Waals surface area contributed by atoms with E-state index in [1.807, 2.05) is 17.3 Å². The molecule has 4 rings (SSSR count). The molecule has 2 saturated heterocycles. The number of carbonyl (C=O) groups is 1. The molecular formula is C19H30N4O2. The van der Waals surface area contributed by atoms with Gasteiger partial charge in [0.1, 0.15) is 0 Å². The fourth-order valence-corrected chi connectivity index (χ4v) is 4.92. The van der Waals surface area contributed by atoms with Gasteiger partial charge in [0.05, 0.1) is 17.8 Å².